The van der Waals surface area contributed by atoms with Crippen molar-refractivity contribution in [3.8, 4) is 0 Å². The molecule has 1 rings (SSSR count). The highest BCUT2D eigenvalue weighted by Gasteiger charge is 2.33. The molecule has 1 amide bonds. The summed E-state index contributed by atoms with van der Waals surface area (Å²) in [6.45, 7) is 5.20. The maximum absolute atomic E-state index is 12.7. The third-order valence-electron chi connectivity index (χ3n) is 2.42. The van der Waals surface area contributed by atoms with Crippen LogP contribution >= 0.6 is 0 Å². The lowest BCUT2D eigenvalue weighted by molar-refractivity contribution is -0.137. The second-order valence-electron chi connectivity index (χ2n) is 3.94. The summed E-state index contributed by atoms with van der Waals surface area (Å²) in [5.41, 5.74) is -0.908. The van der Waals surface area contributed by atoms with E-state index in [9.17, 15) is 18.0 Å². The number of hydrogen-bond donors (Lipinski definition) is 2. The first-order chi connectivity index (χ1) is 8.86. The van der Waals surface area contributed by atoms with Crippen LogP contribution in [-0.2, 0) is 11.0 Å². The third kappa shape index (κ3) is 4.31. The summed E-state index contributed by atoms with van der Waals surface area (Å²) in [5.74, 6) is -0.392. The number of hydrogen-bond acceptors (Lipinski definition) is 2. The predicted molar refractivity (Wildman–Crippen MR) is 67.7 cm³/mol. The molecule has 0 saturated carbocycles. The van der Waals surface area contributed by atoms with Crippen LogP contribution in [0.2, 0.25) is 0 Å². The topological polar surface area (TPSA) is 41.1 Å². The van der Waals surface area contributed by atoms with Gasteiger partial charge in [0.15, 0.2) is 0 Å². The molecule has 0 radical (unpaired) electrons. The highest BCUT2D eigenvalue weighted by molar-refractivity contribution is 5.84. The van der Waals surface area contributed by atoms with E-state index >= 15 is 0 Å². The first-order valence-electron chi connectivity index (χ1n) is 5.67. The molecule has 0 aliphatic heterocycles. The number of anilines is 1. The van der Waals surface area contributed by atoms with Crippen LogP contribution in [0.5, 0.6) is 0 Å². The molecule has 0 saturated heterocycles. The summed E-state index contributed by atoms with van der Waals surface area (Å²) in [5, 5.41) is 5.07. The highest BCUT2D eigenvalue weighted by Crippen LogP contribution is 2.34. The molecule has 0 spiro atoms. The van der Waals surface area contributed by atoms with Crippen molar-refractivity contribution in [1.82, 2.24) is 5.32 Å². The van der Waals surface area contributed by atoms with Crippen molar-refractivity contribution in [2.75, 3.05) is 11.9 Å². The number of para-hydroxylation sites is 1. The number of benzene rings is 1. The molecule has 1 aromatic rings. The number of nitrogens with one attached hydrogen (secondary N) is 2. The molecule has 0 aliphatic carbocycles. The molecule has 0 fully saturated rings. The number of rotatable bonds is 5. The van der Waals surface area contributed by atoms with Gasteiger partial charge in [-0.1, -0.05) is 18.2 Å². The zero-order chi connectivity index (χ0) is 14.5. The van der Waals surface area contributed by atoms with Crippen molar-refractivity contribution in [2.45, 2.75) is 19.1 Å². The van der Waals surface area contributed by atoms with Crippen LogP contribution in [0, 0.1) is 0 Å². The minimum absolute atomic E-state index is 0.115. The Hall–Kier alpha value is -1.98. The molecule has 1 aromatic carbocycles. The van der Waals surface area contributed by atoms with Gasteiger partial charge in [-0.05, 0) is 19.1 Å². The van der Waals surface area contributed by atoms with Gasteiger partial charge in [-0.25, -0.2) is 0 Å². The number of alkyl halides is 3. The molecule has 0 aromatic heterocycles. The Morgan fingerprint density at radius 3 is 2.63 bits per heavy atom. The fourth-order valence-electron chi connectivity index (χ4n) is 1.48. The average molecular weight is 272 g/mol. The summed E-state index contributed by atoms with van der Waals surface area (Å²) in [6, 6.07) is 4.27. The summed E-state index contributed by atoms with van der Waals surface area (Å²) in [6.07, 6.45) is -2.96. The van der Waals surface area contributed by atoms with E-state index in [0.29, 0.717) is 0 Å². The summed E-state index contributed by atoms with van der Waals surface area (Å²) in [7, 11) is 0. The van der Waals surface area contributed by atoms with Crippen LogP contribution in [0.25, 0.3) is 0 Å². The van der Waals surface area contributed by atoms with Gasteiger partial charge in [0.05, 0.1) is 5.56 Å². The molecular formula is C13H15F3N2O. The standard InChI is InChI=1S/C13H15F3N2O/c1-3-8-17-12(19)9(2)18-11-7-5-4-6-10(11)13(14,15)16/h3-7,9,18H,1,8H2,2H3,(H,17,19). The molecular weight excluding hydrogens is 257 g/mol. The Morgan fingerprint density at radius 2 is 2.05 bits per heavy atom. The fourth-order valence-corrected chi connectivity index (χ4v) is 1.48. The van der Waals surface area contributed by atoms with Gasteiger partial charge in [0, 0.05) is 12.2 Å². The Labute approximate surface area is 109 Å². The molecule has 0 aliphatic rings. The Bertz CT molecular complexity index is 457. The molecule has 0 bridgehead atoms. The van der Waals surface area contributed by atoms with E-state index in [4.69, 9.17) is 0 Å². The van der Waals surface area contributed by atoms with Crippen LogP contribution in [-0.4, -0.2) is 18.5 Å². The Balaban J connectivity index is 2.82. The number of halogens is 3. The van der Waals surface area contributed by atoms with E-state index in [0.717, 1.165) is 6.07 Å². The second-order valence-corrected chi connectivity index (χ2v) is 3.94. The number of amides is 1. The van der Waals surface area contributed by atoms with Gasteiger partial charge >= 0.3 is 6.18 Å². The molecule has 19 heavy (non-hydrogen) atoms. The van der Waals surface area contributed by atoms with Gasteiger partial charge in [-0.2, -0.15) is 13.2 Å². The number of carbonyl (C=O) groups is 1. The van der Waals surface area contributed by atoms with E-state index in [1.54, 1.807) is 0 Å². The molecule has 2 N–H and O–H groups in total. The summed E-state index contributed by atoms with van der Waals surface area (Å²) in [4.78, 5) is 11.6. The first-order valence-corrected chi connectivity index (χ1v) is 5.67. The van der Waals surface area contributed by atoms with E-state index in [1.165, 1.54) is 31.2 Å². The molecule has 1 unspecified atom stereocenters. The predicted octanol–water partition coefficient (Wildman–Crippen LogP) is 2.81. The Kier molecular flexibility index (Phi) is 4.97. The lowest BCUT2D eigenvalue weighted by atomic mass is 10.1. The van der Waals surface area contributed by atoms with Crippen molar-refractivity contribution >= 4 is 11.6 Å². The van der Waals surface area contributed by atoms with Crippen LogP contribution in [0.4, 0.5) is 18.9 Å². The quantitative estimate of drug-likeness (QED) is 0.809. The monoisotopic (exact) mass is 272 g/mol. The number of carbonyl (C=O) groups excluding carboxylic acids is 1. The molecule has 1 atom stereocenters. The minimum Gasteiger partial charge on any atom is -0.373 e. The minimum atomic E-state index is -4.46. The van der Waals surface area contributed by atoms with Crippen LogP contribution in [0.1, 0.15) is 12.5 Å². The maximum atomic E-state index is 12.7. The lowest BCUT2D eigenvalue weighted by Crippen LogP contribution is -2.38. The van der Waals surface area contributed by atoms with Crippen molar-refractivity contribution in [3.63, 3.8) is 0 Å². The van der Waals surface area contributed by atoms with Crippen molar-refractivity contribution in [1.29, 1.82) is 0 Å². The van der Waals surface area contributed by atoms with Gasteiger partial charge in [0.25, 0.3) is 0 Å². The van der Waals surface area contributed by atoms with Gasteiger partial charge in [0.1, 0.15) is 6.04 Å². The van der Waals surface area contributed by atoms with Crippen molar-refractivity contribution in [3.05, 3.63) is 42.5 Å². The van der Waals surface area contributed by atoms with Gasteiger partial charge < -0.3 is 10.6 Å². The van der Waals surface area contributed by atoms with E-state index in [-0.39, 0.29) is 12.2 Å². The largest absolute Gasteiger partial charge is 0.418 e. The highest BCUT2D eigenvalue weighted by atomic mass is 19.4. The summed E-state index contributed by atoms with van der Waals surface area (Å²) >= 11 is 0. The van der Waals surface area contributed by atoms with Gasteiger partial charge in [0.2, 0.25) is 5.91 Å². The summed E-state index contributed by atoms with van der Waals surface area (Å²) < 4.78 is 38.2. The average Bonchev–Trinajstić information content (AvgIpc) is 2.35. The van der Waals surface area contributed by atoms with Crippen molar-refractivity contribution in [2.24, 2.45) is 0 Å². The fraction of sp³-hybridized carbons (Fsp3) is 0.308. The van der Waals surface area contributed by atoms with E-state index < -0.39 is 23.7 Å². The van der Waals surface area contributed by atoms with Gasteiger partial charge in [-0.15, -0.1) is 6.58 Å². The lowest BCUT2D eigenvalue weighted by Gasteiger charge is -2.18. The smallest absolute Gasteiger partial charge is 0.373 e. The molecule has 6 heteroatoms. The molecule has 3 nitrogen and oxygen atoms in total. The SMILES string of the molecule is C=CCNC(=O)C(C)Nc1ccccc1C(F)(F)F. The van der Waals surface area contributed by atoms with Crippen LogP contribution in [0.15, 0.2) is 36.9 Å². The molecule has 104 valence electrons. The first kappa shape index (κ1) is 15.1. The van der Waals surface area contributed by atoms with Crippen molar-refractivity contribution < 1.29 is 18.0 Å². The maximum Gasteiger partial charge on any atom is 0.418 e. The van der Waals surface area contributed by atoms with E-state index in [1.807, 2.05) is 0 Å². The normalized spacial score (nSPS) is 12.6. The Morgan fingerprint density at radius 1 is 1.42 bits per heavy atom. The molecule has 0 heterocycles. The van der Waals surface area contributed by atoms with Crippen LogP contribution in [0.3, 0.4) is 0 Å². The van der Waals surface area contributed by atoms with Crippen LogP contribution < -0.4 is 10.6 Å². The third-order valence-corrected chi connectivity index (χ3v) is 2.42. The zero-order valence-corrected chi connectivity index (χ0v) is 10.4. The second kappa shape index (κ2) is 6.26. The zero-order valence-electron chi connectivity index (χ0n) is 10.4. The van der Waals surface area contributed by atoms with Gasteiger partial charge in [-0.3, -0.25) is 4.79 Å². The van der Waals surface area contributed by atoms with E-state index in [2.05, 4.69) is 17.2 Å².